The maximum Gasteiger partial charge on any atom is 0.0785 e. The third-order valence-corrected chi connectivity index (χ3v) is 1.14. The number of hydrogen-bond donors (Lipinski definition) is 0. The third-order valence-electron chi connectivity index (χ3n) is 1.14. The Bertz CT molecular complexity index is 42.5. The van der Waals surface area contributed by atoms with Gasteiger partial charge in [0.25, 0.3) is 0 Å². The van der Waals surface area contributed by atoms with Crippen molar-refractivity contribution in [1.82, 2.24) is 0 Å². The molecule has 1 heteroatoms. The molecule has 0 saturated carbocycles. The fourth-order valence-electron chi connectivity index (χ4n) is 0.612. The van der Waals surface area contributed by atoms with Crippen LogP contribution in [0.25, 0.3) is 0 Å². The highest BCUT2D eigenvalue weighted by Gasteiger charge is 1.88. The second-order valence-electron chi connectivity index (χ2n) is 3.24. The molecule has 0 bridgehead atoms. The fourth-order valence-corrected chi connectivity index (χ4v) is 0.612. The van der Waals surface area contributed by atoms with E-state index in [1.807, 2.05) is 13.8 Å². The Morgan fingerprint density at radius 2 is 1.21 bits per heavy atom. The minimum atomic E-state index is 0.500. The largest absolute Gasteiger partial charge is 0.255 e. The Labute approximate surface area is 92.3 Å². The van der Waals surface area contributed by atoms with Crippen molar-refractivity contribution in [3.63, 3.8) is 0 Å². The molecule has 0 heterocycles. The summed E-state index contributed by atoms with van der Waals surface area (Å²) in [4.78, 5) is 0. The Morgan fingerprint density at radius 3 is 1.29 bits per heavy atom. The van der Waals surface area contributed by atoms with Crippen LogP contribution < -0.4 is 0 Å². The van der Waals surface area contributed by atoms with Gasteiger partial charge >= 0.3 is 0 Å². The maximum absolute atomic E-state index is 9.50. The normalized spacial score (nSPS) is 7.29. The quantitative estimate of drug-likeness (QED) is 0.545. The molecule has 0 aromatic carbocycles. The molecular weight excluding hydrogens is 175 g/mol. The van der Waals surface area contributed by atoms with E-state index in [0.717, 1.165) is 5.92 Å². The summed E-state index contributed by atoms with van der Waals surface area (Å²) in [6.45, 7) is 15.0. The number of alkyl halides is 1. The first-order valence-electron chi connectivity index (χ1n) is 6.06. The predicted molar refractivity (Wildman–Crippen MR) is 68.7 cm³/mol. The van der Waals surface area contributed by atoms with Crippen molar-refractivity contribution in [3.05, 3.63) is 0 Å². The first kappa shape index (κ1) is 23.6. The van der Waals surface area contributed by atoms with Gasteiger partial charge in [0.15, 0.2) is 0 Å². The molecule has 14 heavy (non-hydrogen) atoms. The zero-order valence-electron chi connectivity index (χ0n) is 11.8. The first-order chi connectivity index (χ1) is 6.68. The number of hydrogen-bond acceptors (Lipinski definition) is 0. The van der Waals surface area contributed by atoms with E-state index in [0.29, 0.717) is 7.18 Å². The maximum atomic E-state index is 9.50. The van der Waals surface area contributed by atoms with Gasteiger partial charge in [-0.15, -0.1) is 0 Å². The van der Waals surface area contributed by atoms with E-state index in [2.05, 4.69) is 34.6 Å². The van der Waals surface area contributed by atoms with Crippen molar-refractivity contribution >= 4 is 0 Å². The number of rotatable bonds is 3. The number of unbranched alkanes of at least 4 members (excludes halogenated alkanes) is 1. The van der Waals surface area contributed by atoms with Gasteiger partial charge in [-0.05, 0) is 5.92 Å². The van der Waals surface area contributed by atoms with Gasteiger partial charge < -0.3 is 0 Å². The predicted octanol–water partition coefficient (Wildman–Crippen LogP) is 5.86. The summed E-state index contributed by atoms with van der Waals surface area (Å²) in [6, 6.07) is 0. The Morgan fingerprint density at radius 1 is 0.929 bits per heavy atom. The van der Waals surface area contributed by atoms with Crippen LogP contribution in [0, 0.1) is 5.92 Å². The standard InChI is InChI=1S/C7H16.C3H8.C2H6.CH3F/c1-4-5-6-7(2)3;1-3-2;2*1-2/h7H,4-6H2,1-3H3;3H2,1-2H3;1-2H3;1H3. The molecule has 0 aliphatic rings. The van der Waals surface area contributed by atoms with Crippen LogP contribution in [0.3, 0.4) is 0 Å². The molecule has 0 radical (unpaired) electrons. The minimum absolute atomic E-state index is 0.500. The summed E-state index contributed by atoms with van der Waals surface area (Å²) in [5.74, 6) is 0.903. The van der Waals surface area contributed by atoms with Crippen molar-refractivity contribution in [3.8, 4) is 0 Å². The molecule has 0 N–H and O–H groups in total. The molecule has 92 valence electrons. The van der Waals surface area contributed by atoms with Crippen molar-refractivity contribution in [2.75, 3.05) is 7.18 Å². The smallest absolute Gasteiger partial charge is 0.0785 e. The highest BCUT2D eigenvalue weighted by atomic mass is 19.1. The molecule has 0 nitrogen and oxygen atoms in total. The molecule has 0 rings (SSSR count). The van der Waals surface area contributed by atoms with Crippen molar-refractivity contribution < 1.29 is 4.39 Å². The lowest BCUT2D eigenvalue weighted by atomic mass is 10.1. The van der Waals surface area contributed by atoms with Gasteiger partial charge in [-0.2, -0.15) is 0 Å². The zero-order chi connectivity index (χ0) is 12.4. The first-order valence-corrected chi connectivity index (χ1v) is 6.06. The molecule has 0 spiro atoms. The van der Waals surface area contributed by atoms with E-state index in [9.17, 15) is 4.39 Å². The molecule has 0 aromatic rings. The second kappa shape index (κ2) is 38.3. The van der Waals surface area contributed by atoms with Crippen LogP contribution in [0.2, 0.25) is 0 Å². The Balaban J connectivity index is -0.0000000603. The van der Waals surface area contributed by atoms with Gasteiger partial charge in [-0.3, -0.25) is 4.39 Å². The summed E-state index contributed by atoms with van der Waals surface area (Å²) in [6.07, 6.45) is 5.40. The van der Waals surface area contributed by atoms with Gasteiger partial charge in [-0.25, -0.2) is 0 Å². The molecule has 0 saturated heterocycles. The van der Waals surface area contributed by atoms with Crippen LogP contribution in [0.5, 0.6) is 0 Å². The van der Waals surface area contributed by atoms with Crippen LogP contribution in [0.1, 0.15) is 74.1 Å². The van der Waals surface area contributed by atoms with Crippen LogP contribution in [0.4, 0.5) is 4.39 Å². The molecule has 0 amide bonds. The van der Waals surface area contributed by atoms with Gasteiger partial charge in [0, 0.05) is 0 Å². The van der Waals surface area contributed by atoms with Crippen molar-refractivity contribution in [2.45, 2.75) is 74.1 Å². The molecule has 0 aliphatic carbocycles. The van der Waals surface area contributed by atoms with Gasteiger partial charge in [0.2, 0.25) is 0 Å². The van der Waals surface area contributed by atoms with Crippen LogP contribution in [0.15, 0.2) is 0 Å². The molecule has 0 fully saturated rings. The average molecular weight is 208 g/mol. The SMILES string of the molecule is CC.CCC.CCCCC(C)C.CF. The van der Waals surface area contributed by atoms with E-state index in [1.54, 1.807) is 0 Å². The average Bonchev–Trinajstić information content (AvgIpc) is 2.22. The van der Waals surface area contributed by atoms with E-state index in [4.69, 9.17) is 0 Å². The topological polar surface area (TPSA) is 0 Å². The van der Waals surface area contributed by atoms with Crippen LogP contribution in [-0.2, 0) is 0 Å². The molecule has 0 aromatic heterocycles. The van der Waals surface area contributed by atoms with Gasteiger partial charge in [0.1, 0.15) is 0 Å². The Kier molecular flexibility index (Phi) is 64.6. The monoisotopic (exact) mass is 208 g/mol. The van der Waals surface area contributed by atoms with Crippen molar-refractivity contribution in [2.24, 2.45) is 5.92 Å². The molecule has 0 atom stereocenters. The lowest BCUT2D eigenvalue weighted by molar-refractivity contribution is 0.550. The summed E-state index contributed by atoms with van der Waals surface area (Å²) < 4.78 is 9.50. The Hall–Kier alpha value is -0.0700. The van der Waals surface area contributed by atoms with Gasteiger partial charge in [0.05, 0.1) is 7.18 Å². The highest BCUT2D eigenvalue weighted by Crippen LogP contribution is 2.04. The summed E-state index contributed by atoms with van der Waals surface area (Å²) >= 11 is 0. The van der Waals surface area contributed by atoms with Crippen LogP contribution >= 0.6 is 0 Å². The van der Waals surface area contributed by atoms with Crippen LogP contribution in [-0.4, -0.2) is 7.18 Å². The molecule has 0 aliphatic heterocycles. The van der Waals surface area contributed by atoms with Crippen molar-refractivity contribution in [1.29, 1.82) is 0 Å². The lowest BCUT2D eigenvalue weighted by Gasteiger charge is -1.98. The minimum Gasteiger partial charge on any atom is -0.255 e. The number of halogens is 1. The van der Waals surface area contributed by atoms with E-state index in [-0.39, 0.29) is 0 Å². The van der Waals surface area contributed by atoms with Gasteiger partial charge in [-0.1, -0.05) is 74.1 Å². The lowest BCUT2D eigenvalue weighted by Crippen LogP contribution is -1.83. The molecular formula is C13H33F. The second-order valence-corrected chi connectivity index (χ2v) is 3.24. The zero-order valence-corrected chi connectivity index (χ0v) is 11.8. The summed E-state index contributed by atoms with van der Waals surface area (Å²) in [7, 11) is 0.500. The van der Waals surface area contributed by atoms with E-state index >= 15 is 0 Å². The fraction of sp³-hybridized carbons (Fsp3) is 1.00. The van der Waals surface area contributed by atoms with E-state index < -0.39 is 0 Å². The van der Waals surface area contributed by atoms with E-state index in [1.165, 1.54) is 25.7 Å². The highest BCUT2D eigenvalue weighted by molar-refractivity contribution is 4.42. The third kappa shape index (κ3) is 92.3. The summed E-state index contributed by atoms with van der Waals surface area (Å²) in [5, 5.41) is 0. The summed E-state index contributed by atoms with van der Waals surface area (Å²) in [5.41, 5.74) is 0. The molecule has 0 unspecified atom stereocenters.